The normalized spacial score (nSPS) is 10.9. The Labute approximate surface area is 143 Å². The minimum absolute atomic E-state index is 0.158. The number of carbonyl (C=O) groups is 1. The summed E-state index contributed by atoms with van der Waals surface area (Å²) in [6, 6.07) is 8.95. The Kier molecular flexibility index (Phi) is 7.04. The fraction of sp³-hybridized carbons (Fsp3) is 0.500. The molecule has 0 saturated carbocycles. The van der Waals surface area contributed by atoms with E-state index in [1.54, 1.807) is 11.6 Å². The van der Waals surface area contributed by atoms with Crippen LogP contribution in [0.25, 0.3) is 10.9 Å². The third kappa shape index (κ3) is 4.70. The number of para-hydroxylation sites is 1. The van der Waals surface area contributed by atoms with Crippen LogP contribution in [0.3, 0.4) is 0 Å². The minimum Gasteiger partial charge on any atom is -0.352 e. The lowest BCUT2D eigenvalue weighted by atomic mass is 10.1. The lowest BCUT2D eigenvalue weighted by Gasteiger charge is -2.10. The van der Waals surface area contributed by atoms with E-state index in [-0.39, 0.29) is 11.5 Å². The molecule has 0 spiro atoms. The summed E-state index contributed by atoms with van der Waals surface area (Å²) in [6.45, 7) is 2.88. The van der Waals surface area contributed by atoms with E-state index in [4.69, 9.17) is 0 Å². The van der Waals surface area contributed by atoms with Gasteiger partial charge in [-0.2, -0.15) is 0 Å². The zero-order chi connectivity index (χ0) is 17.4. The summed E-state index contributed by atoms with van der Waals surface area (Å²) in [5, 5.41) is 3.77. The van der Waals surface area contributed by atoms with Crippen LogP contribution in [-0.4, -0.2) is 17.0 Å². The second-order valence-corrected chi connectivity index (χ2v) is 6.35. The Morgan fingerprint density at radius 2 is 1.71 bits per heavy atom. The third-order valence-electron chi connectivity index (χ3n) is 4.46. The molecular formula is C20H28N2O2. The first-order valence-electron chi connectivity index (χ1n) is 9.02. The number of hydrogen-bond donors (Lipinski definition) is 1. The van der Waals surface area contributed by atoms with Crippen LogP contribution in [-0.2, 0) is 7.05 Å². The van der Waals surface area contributed by atoms with E-state index in [0.717, 1.165) is 23.7 Å². The first kappa shape index (κ1) is 18.2. The van der Waals surface area contributed by atoms with Crippen molar-refractivity contribution in [2.45, 2.75) is 51.9 Å². The van der Waals surface area contributed by atoms with Gasteiger partial charge in [0.05, 0.1) is 11.1 Å². The second-order valence-electron chi connectivity index (χ2n) is 6.35. The van der Waals surface area contributed by atoms with Crippen molar-refractivity contribution in [3.05, 3.63) is 46.2 Å². The number of pyridine rings is 1. The second kappa shape index (κ2) is 9.26. The van der Waals surface area contributed by atoms with Crippen LogP contribution < -0.4 is 10.9 Å². The molecule has 4 heteroatoms. The zero-order valence-electron chi connectivity index (χ0n) is 14.8. The molecule has 1 aromatic carbocycles. The maximum absolute atomic E-state index is 12.4. The summed E-state index contributed by atoms with van der Waals surface area (Å²) in [4.78, 5) is 24.5. The molecule has 1 amide bonds. The number of carbonyl (C=O) groups excluding carboxylic acids is 1. The monoisotopic (exact) mass is 328 g/mol. The predicted octanol–water partition coefficient (Wildman–Crippen LogP) is 4.02. The highest BCUT2D eigenvalue weighted by Gasteiger charge is 2.12. The maximum atomic E-state index is 12.4. The summed E-state index contributed by atoms with van der Waals surface area (Å²) in [7, 11) is 1.73. The molecule has 0 radical (unpaired) electrons. The van der Waals surface area contributed by atoms with Crippen LogP contribution in [0.4, 0.5) is 0 Å². The van der Waals surface area contributed by atoms with Crippen molar-refractivity contribution >= 4 is 16.8 Å². The number of rotatable bonds is 9. The molecule has 0 unspecified atom stereocenters. The number of nitrogens with one attached hydrogen (secondary N) is 1. The van der Waals surface area contributed by atoms with Gasteiger partial charge >= 0.3 is 0 Å². The average molecular weight is 328 g/mol. The molecule has 24 heavy (non-hydrogen) atoms. The van der Waals surface area contributed by atoms with Crippen LogP contribution in [0.5, 0.6) is 0 Å². The topological polar surface area (TPSA) is 51.1 Å². The van der Waals surface area contributed by atoms with Crippen molar-refractivity contribution in [1.82, 2.24) is 9.88 Å². The van der Waals surface area contributed by atoms with E-state index in [2.05, 4.69) is 12.2 Å². The van der Waals surface area contributed by atoms with Gasteiger partial charge in [0.1, 0.15) is 0 Å². The van der Waals surface area contributed by atoms with Gasteiger partial charge in [0.15, 0.2) is 0 Å². The molecule has 0 saturated heterocycles. The summed E-state index contributed by atoms with van der Waals surface area (Å²) in [6.07, 6.45) is 8.52. The van der Waals surface area contributed by atoms with Crippen LogP contribution in [0.1, 0.15) is 62.2 Å². The molecule has 0 aliphatic rings. The molecule has 0 bridgehead atoms. The maximum Gasteiger partial charge on any atom is 0.252 e. The lowest BCUT2D eigenvalue weighted by Crippen LogP contribution is -2.27. The Hall–Kier alpha value is -2.10. The largest absolute Gasteiger partial charge is 0.352 e. The van der Waals surface area contributed by atoms with Gasteiger partial charge in [-0.25, -0.2) is 0 Å². The summed E-state index contributed by atoms with van der Waals surface area (Å²) >= 11 is 0. The molecule has 4 nitrogen and oxygen atoms in total. The number of benzene rings is 1. The number of nitrogens with zero attached hydrogens (tertiary/aromatic N) is 1. The third-order valence-corrected chi connectivity index (χ3v) is 4.46. The molecule has 1 aromatic heterocycles. The van der Waals surface area contributed by atoms with Gasteiger partial charge in [-0.15, -0.1) is 0 Å². The average Bonchev–Trinajstić information content (AvgIpc) is 2.60. The minimum atomic E-state index is -0.158. The molecule has 2 rings (SSSR count). The summed E-state index contributed by atoms with van der Waals surface area (Å²) < 4.78 is 1.57. The van der Waals surface area contributed by atoms with E-state index < -0.39 is 0 Å². The quantitative estimate of drug-likeness (QED) is 0.707. The molecular weight excluding hydrogens is 300 g/mol. The van der Waals surface area contributed by atoms with Crippen molar-refractivity contribution < 1.29 is 4.79 Å². The fourth-order valence-electron chi connectivity index (χ4n) is 2.98. The standard InChI is InChI=1S/C20H28N2O2/c1-3-4-5-6-7-8-11-14-21-20(24)17-15-19(23)22(2)18-13-10-9-12-16(17)18/h9-10,12-13,15H,3-8,11,14H2,1-2H3,(H,21,24). The highest BCUT2D eigenvalue weighted by molar-refractivity contribution is 6.06. The Balaban J connectivity index is 1.90. The fourth-order valence-corrected chi connectivity index (χ4v) is 2.98. The molecule has 0 aliphatic heterocycles. The van der Waals surface area contributed by atoms with E-state index in [0.29, 0.717) is 12.1 Å². The predicted molar refractivity (Wildman–Crippen MR) is 99.5 cm³/mol. The molecule has 0 fully saturated rings. The first-order chi connectivity index (χ1) is 11.6. The first-order valence-corrected chi connectivity index (χ1v) is 9.02. The van der Waals surface area contributed by atoms with Gasteiger partial charge in [-0.3, -0.25) is 9.59 Å². The van der Waals surface area contributed by atoms with Gasteiger partial charge < -0.3 is 9.88 Å². The number of hydrogen-bond acceptors (Lipinski definition) is 2. The molecule has 1 heterocycles. The van der Waals surface area contributed by atoms with Gasteiger partial charge in [0.25, 0.3) is 11.5 Å². The van der Waals surface area contributed by atoms with Crippen molar-refractivity contribution in [3.8, 4) is 0 Å². The van der Waals surface area contributed by atoms with E-state index in [9.17, 15) is 9.59 Å². The zero-order valence-corrected chi connectivity index (χ0v) is 14.8. The Bertz CT molecular complexity index is 734. The Morgan fingerprint density at radius 3 is 2.46 bits per heavy atom. The SMILES string of the molecule is CCCCCCCCCNC(=O)c1cc(=O)n(C)c2ccccc12. The van der Waals surface area contributed by atoms with Crippen LogP contribution in [0.15, 0.2) is 35.1 Å². The number of aromatic nitrogens is 1. The number of aryl methyl sites for hydroxylation is 1. The number of unbranched alkanes of at least 4 members (excludes halogenated alkanes) is 6. The van der Waals surface area contributed by atoms with Crippen molar-refractivity contribution in [3.63, 3.8) is 0 Å². The van der Waals surface area contributed by atoms with E-state index in [1.807, 2.05) is 24.3 Å². The highest BCUT2D eigenvalue weighted by atomic mass is 16.2. The van der Waals surface area contributed by atoms with E-state index >= 15 is 0 Å². The number of fused-ring (bicyclic) bond motifs is 1. The molecule has 0 aliphatic carbocycles. The van der Waals surface area contributed by atoms with Crippen molar-refractivity contribution in [2.24, 2.45) is 7.05 Å². The van der Waals surface area contributed by atoms with Gasteiger partial charge in [-0.05, 0) is 12.5 Å². The van der Waals surface area contributed by atoms with Gasteiger partial charge in [-0.1, -0.05) is 63.6 Å². The number of amides is 1. The van der Waals surface area contributed by atoms with Crippen LogP contribution in [0.2, 0.25) is 0 Å². The van der Waals surface area contributed by atoms with Gasteiger partial charge in [0, 0.05) is 25.0 Å². The molecule has 1 N–H and O–H groups in total. The lowest BCUT2D eigenvalue weighted by molar-refractivity contribution is 0.0954. The van der Waals surface area contributed by atoms with Crippen molar-refractivity contribution in [2.75, 3.05) is 6.54 Å². The van der Waals surface area contributed by atoms with Gasteiger partial charge in [0.2, 0.25) is 0 Å². The molecule has 130 valence electrons. The summed E-state index contributed by atoms with van der Waals surface area (Å²) in [5.74, 6) is -0.158. The highest BCUT2D eigenvalue weighted by Crippen LogP contribution is 2.16. The van der Waals surface area contributed by atoms with Crippen LogP contribution >= 0.6 is 0 Å². The van der Waals surface area contributed by atoms with Crippen molar-refractivity contribution in [1.29, 1.82) is 0 Å². The molecule has 0 atom stereocenters. The smallest absolute Gasteiger partial charge is 0.252 e. The Morgan fingerprint density at radius 1 is 1.04 bits per heavy atom. The summed E-state index contributed by atoms with van der Waals surface area (Å²) in [5.41, 5.74) is 1.09. The van der Waals surface area contributed by atoms with E-state index in [1.165, 1.54) is 38.2 Å². The molecule has 2 aromatic rings. The van der Waals surface area contributed by atoms with Crippen LogP contribution in [0, 0.1) is 0 Å².